The first-order valence-electron chi connectivity index (χ1n) is 6.29. The Labute approximate surface area is 118 Å². The highest BCUT2D eigenvalue weighted by molar-refractivity contribution is 7.89. The molecule has 6 nitrogen and oxygen atoms in total. The van der Waals surface area contributed by atoms with Gasteiger partial charge >= 0.3 is 5.97 Å². The molecule has 0 amide bonds. The van der Waals surface area contributed by atoms with Gasteiger partial charge in [0.1, 0.15) is 0 Å². The predicted octanol–water partition coefficient (Wildman–Crippen LogP) is 1.13. The van der Waals surface area contributed by atoms with Crippen LogP contribution in [0.15, 0.2) is 23.1 Å². The summed E-state index contributed by atoms with van der Waals surface area (Å²) in [6.07, 6.45) is 0.852. The molecule has 0 saturated carbocycles. The number of hydrogen-bond donors (Lipinski definition) is 3. The number of carbonyl (C=O) groups is 1. The maximum Gasteiger partial charge on any atom is 0.335 e. The summed E-state index contributed by atoms with van der Waals surface area (Å²) in [5.74, 6) is -1.16. The number of aliphatic hydroxyl groups is 1. The Kier molecular flexibility index (Phi) is 5.67. The highest BCUT2D eigenvalue weighted by atomic mass is 32.2. The van der Waals surface area contributed by atoms with Crippen molar-refractivity contribution in [3.8, 4) is 0 Å². The number of aromatic carboxylic acids is 1. The van der Waals surface area contributed by atoms with Gasteiger partial charge < -0.3 is 10.2 Å². The molecule has 0 aliphatic carbocycles. The Morgan fingerprint density at radius 1 is 1.40 bits per heavy atom. The number of sulfonamides is 1. The minimum Gasteiger partial charge on any atom is -0.478 e. The Morgan fingerprint density at radius 2 is 2.05 bits per heavy atom. The quantitative estimate of drug-likeness (QED) is 0.700. The third kappa shape index (κ3) is 3.78. The molecule has 1 atom stereocenters. The van der Waals surface area contributed by atoms with Gasteiger partial charge in [0.05, 0.1) is 10.5 Å². The SMILES string of the molecule is CCC(CCO)NS(=O)(=O)c1cccc(C(=O)O)c1C. The molecule has 0 fully saturated rings. The first-order chi connectivity index (χ1) is 9.33. The van der Waals surface area contributed by atoms with E-state index >= 15 is 0 Å². The molecule has 112 valence electrons. The van der Waals surface area contributed by atoms with Crippen molar-refractivity contribution in [1.82, 2.24) is 4.72 Å². The highest BCUT2D eigenvalue weighted by Gasteiger charge is 2.23. The van der Waals surface area contributed by atoms with Gasteiger partial charge in [0.15, 0.2) is 0 Å². The average molecular weight is 301 g/mol. The number of carboxylic acids is 1. The topological polar surface area (TPSA) is 104 Å². The fourth-order valence-electron chi connectivity index (χ4n) is 1.92. The van der Waals surface area contributed by atoms with Crippen LogP contribution in [0, 0.1) is 6.92 Å². The fourth-order valence-corrected chi connectivity index (χ4v) is 3.54. The van der Waals surface area contributed by atoms with Gasteiger partial charge in [-0.1, -0.05) is 13.0 Å². The second-order valence-corrected chi connectivity index (χ2v) is 6.16. The van der Waals surface area contributed by atoms with Crippen molar-refractivity contribution in [2.45, 2.75) is 37.6 Å². The van der Waals surface area contributed by atoms with Crippen LogP contribution >= 0.6 is 0 Å². The monoisotopic (exact) mass is 301 g/mol. The molecule has 0 radical (unpaired) electrons. The molecule has 1 rings (SSSR count). The zero-order valence-electron chi connectivity index (χ0n) is 11.5. The lowest BCUT2D eigenvalue weighted by atomic mass is 10.1. The summed E-state index contributed by atoms with van der Waals surface area (Å²) in [6, 6.07) is 3.76. The van der Waals surface area contributed by atoms with Crippen molar-refractivity contribution in [2.75, 3.05) is 6.61 Å². The molecule has 1 aromatic carbocycles. The fraction of sp³-hybridized carbons (Fsp3) is 0.462. The van der Waals surface area contributed by atoms with Crippen molar-refractivity contribution in [3.63, 3.8) is 0 Å². The van der Waals surface area contributed by atoms with Gasteiger partial charge in [0.25, 0.3) is 0 Å². The highest BCUT2D eigenvalue weighted by Crippen LogP contribution is 2.19. The molecule has 20 heavy (non-hydrogen) atoms. The van der Waals surface area contributed by atoms with Gasteiger partial charge in [-0.25, -0.2) is 17.9 Å². The Bertz CT molecular complexity index is 582. The largest absolute Gasteiger partial charge is 0.478 e. The Hall–Kier alpha value is -1.44. The number of carboxylic acid groups (broad SMARTS) is 1. The average Bonchev–Trinajstić information content (AvgIpc) is 2.37. The third-order valence-corrected chi connectivity index (χ3v) is 4.76. The van der Waals surface area contributed by atoms with Gasteiger partial charge in [-0.3, -0.25) is 0 Å². The summed E-state index contributed by atoms with van der Waals surface area (Å²) in [5.41, 5.74) is 0.162. The zero-order chi connectivity index (χ0) is 15.3. The van der Waals surface area contributed by atoms with Crippen molar-refractivity contribution in [1.29, 1.82) is 0 Å². The minimum atomic E-state index is -3.80. The molecule has 0 bridgehead atoms. The first-order valence-corrected chi connectivity index (χ1v) is 7.77. The molecule has 3 N–H and O–H groups in total. The van der Waals surface area contributed by atoms with E-state index in [-0.39, 0.29) is 28.7 Å². The first kappa shape index (κ1) is 16.6. The number of aliphatic hydroxyl groups excluding tert-OH is 1. The van der Waals surface area contributed by atoms with Crippen LogP contribution in [0.5, 0.6) is 0 Å². The molecular formula is C13H19NO5S. The van der Waals surface area contributed by atoms with E-state index in [2.05, 4.69) is 4.72 Å². The third-order valence-electron chi connectivity index (χ3n) is 3.10. The molecule has 0 aliphatic heterocycles. The number of hydrogen-bond acceptors (Lipinski definition) is 4. The maximum atomic E-state index is 12.3. The zero-order valence-corrected chi connectivity index (χ0v) is 12.3. The molecule has 0 heterocycles. The van der Waals surface area contributed by atoms with Crippen LogP contribution in [0.3, 0.4) is 0 Å². The van der Waals surface area contributed by atoms with Gasteiger partial charge in [0.2, 0.25) is 10.0 Å². The van der Waals surface area contributed by atoms with Crippen LogP contribution in [-0.2, 0) is 10.0 Å². The molecule has 0 aliphatic rings. The summed E-state index contributed by atoms with van der Waals surface area (Å²) in [7, 11) is -3.80. The normalized spacial score (nSPS) is 13.2. The summed E-state index contributed by atoms with van der Waals surface area (Å²) in [5, 5.41) is 17.9. The summed E-state index contributed by atoms with van der Waals surface area (Å²) >= 11 is 0. The van der Waals surface area contributed by atoms with E-state index in [1.54, 1.807) is 0 Å². The van der Waals surface area contributed by atoms with Crippen LogP contribution in [0.25, 0.3) is 0 Å². The van der Waals surface area contributed by atoms with Crippen LogP contribution in [0.2, 0.25) is 0 Å². The van der Waals surface area contributed by atoms with Crippen LogP contribution in [0.4, 0.5) is 0 Å². The summed E-state index contributed by atoms with van der Waals surface area (Å²) < 4.78 is 27.1. The van der Waals surface area contributed by atoms with E-state index in [0.717, 1.165) is 0 Å². The lowest BCUT2D eigenvalue weighted by Crippen LogP contribution is -2.35. The molecule has 1 unspecified atom stereocenters. The summed E-state index contributed by atoms with van der Waals surface area (Å²) in [4.78, 5) is 11.0. The van der Waals surface area contributed by atoms with Crippen LogP contribution in [-0.4, -0.2) is 37.2 Å². The van der Waals surface area contributed by atoms with Crippen LogP contribution in [0.1, 0.15) is 35.7 Å². The Morgan fingerprint density at radius 3 is 2.55 bits per heavy atom. The lowest BCUT2D eigenvalue weighted by molar-refractivity contribution is 0.0696. The minimum absolute atomic E-state index is 0.0388. The number of rotatable bonds is 7. The smallest absolute Gasteiger partial charge is 0.335 e. The Balaban J connectivity index is 3.16. The second kappa shape index (κ2) is 6.83. The molecule has 0 saturated heterocycles. The second-order valence-electron chi connectivity index (χ2n) is 4.47. The standard InChI is InChI=1S/C13H19NO5S/c1-3-10(7-8-15)14-20(18,19)12-6-4-5-11(9(12)2)13(16)17/h4-6,10,14-15H,3,7-8H2,1-2H3,(H,16,17). The lowest BCUT2D eigenvalue weighted by Gasteiger charge is -2.17. The van der Waals surface area contributed by atoms with Crippen LogP contribution < -0.4 is 4.72 Å². The van der Waals surface area contributed by atoms with Crippen molar-refractivity contribution in [3.05, 3.63) is 29.3 Å². The molecular weight excluding hydrogens is 282 g/mol. The molecule has 7 heteroatoms. The number of benzene rings is 1. The van der Waals surface area contributed by atoms with Gasteiger partial charge in [-0.15, -0.1) is 0 Å². The van der Waals surface area contributed by atoms with Gasteiger partial charge in [-0.2, -0.15) is 0 Å². The summed E-state index contributed by atoms with van der Waals surface area (Å²) in [6.45, 7) is 3.16. The van der Waals surface area contributed by atoms with Gasteiger partial charge in [0, 0.05) is 12.6 Å². The molecule has 0 spiro atoms. The maximum absolute atomic E-state index is 12.3. The van der Waals surface area contributed by atoms with E-state index < -0.39 is 16.0 Å². The number of nitrogens with one attached hydrogen (secondary N) is 1. The van der Waals surface area contributed by atoms with Gasteiger partial charge in [-0.05, 0) is 37.5 Å². The van der Waals surface area contributed by atoms with E-state index in [1.165, 1.54) is 25.1 Å². The van der Waals surface area contributed by atoms with Crippen molar-refractivity contribution in [2.24, 2.45) is 0 Å². The van der Waals surface area contributed by atoms with Crippen molar-refractivity contribution >= 4 is 16.0 Å². The van der Waals surface area contributed by atoms with E-state index in [4.69, 9.17) is 10.2 Å². The van der Waals surface area contributed by atoms with Crippen molar-refractivity contribution < 1.29 is 23.4 Å². The van der Waals surface area contributed by atoms with E-state index in [0.29, 0.717) is 12.8 Å². The van der Waals surface area contributed by atoms with E-state index in [1.807, 2.05) is 6.92 Å². The molecule has 1 aromatic rings. The predicted molar refractivity (Wildman–Crippen MR) is 74.2 cm³/mol. The molecule has 0 aromatic heterocycles. The van der Waals surface area contributed by atoms with E-state index in [9.17, 15) is 13.2 Å².